The number of halogens is 7. The van der Waals surface area contributed by atoms with Gasteiger partial charge in [0, 0.05) is 29.2 Å². The minimum Gasteiger partial charge on any atom is -0.459 e. The molecule has 42 heavy (non-hydrogen) atoms. The second-order valence-corrected chi connectivity index (χ2v) is 10.1. The van der Waals surface area contributed by atoms with Crippen LogP contribution in [0.1, 0.15) is 30.9 Å². The Morgan fingerprint density at radius 3 is 2.00 bits per heavy atom. The van der Waals surface area contributed by atoms with E-state index in [1.165, 1.54) is 6.07 Å². The van der Waals surface area contributed by atoms with Gasteiger partial charge in [-0.25, -0.2) is 22.0 Å². The number of hydrogen-bond acceptors (Lipinski definition) is 5. The Morgan fingerprint density at radius 2 is 1.45 bits per heavy atom. The minimum atomic E-state index is -4.33. The molecule has 3 fully saturated rings. The zero-order valence-corrected chi connectivity index (χ0v) is 22.2. The van der Waals surface area contributed by atoms with E-state index < -0.39 is 53.0 Å². The highest BCUT2D eigenvalue weighted by atomic mass is 19.3. The van der Waals surface area contributed by atoms with Gasteiger partial charge in [0.05, 0.1) is 31.6 Å². The Kier molecular flexibility index (Phi) is 8.23. The Balaban J connectivity index is 1.29. The largest absolute Gasteiger partial charge is 0.459 e. The van der Waals surface area contributed by atoms with Crippen molar-refractivity contribution in [1.82, 2.24) is 0 Å². The maximum atomic E-state index is 14.9. The maximum absolute atomic E-state index is 14.9. The predicted molar refractivity (Wildman–Crippen MR) is 135 cm³/mol. The summed E-state index contributed by atoms with van der Waals surface area (Å²) in [7, 11) is 0. The monoisotopic (exact) mass is 598 g/mol. The summed E-state index contributed by atoms with van der Waals surface area (Å²) < 4.78 is 124. The summed E-state index contributed by atoms with van der Waals surface area (Å²) >= 11 is 0. The topological polar surface area (TPSA) is 46.2 Å². The van der Waals surface area contributed by atoms with Crippen molar-refractivity contribution < 1.29 is 54.4 Å². The number of allylic oxidation sites excluding steroid dienone is 1. The van der Waals surface area contributed by atoms with E-state index in [0.717, 1.165) is 25.0 Å². The van der Waals surface area contributed by atoms with Gasteiger partial charge in [-0.3, -0.25) is 0 Å². The molecule has 3 aromatic rings. The Labute approximate surface area is 236 Å². The van der Waals surface area contributed by atoms with Crippen LogP contribution in [0, 0.1) is 22.9 Å². The summed E-state index contributed by atoms with van der Waals surface area (Å²) in [6.45, 7) is 3.54. The minimum absolute atomic E-state index is 0.169. The van der Waals surface area contributed by atoms with Crippen LogP contribution in [0.4, 0.5) is 30.7 Å². The van der Waals surface area contributed by atoms with Crippen molar-refractivity contribution in [3.63, 3.8) is 0 Å². The molecule has 0 atom stereocenters. The quantitative estimate of drug-likeness (QED) is 0.175. The van der Waals surface area contributed by atoms with Crippen molar-refractivity contribution >= 4 is 0 Å². The number of hydrogen-bond donors (Lipinski definition) is 0. The normalized spacial score (nSPS) is 22.2. The van der Waals surface area contributed by atoms with Crippen LogP contribution in [0.3, 0.4) is 0 Å². The average molecular weight is 599 g/mol. The molecule has 3 heterocycles. The van der Waals surface area contributed by atoms with Crippen molar-refractivity contribution in [1.29, 1.82) is 0 Å². The first-order chi connectivity index (χ1) is 20.0. The van der Waals surface area contributed by atoms with Crippen molar-refractivity contribution in [3.8, 4) is 22.6 Å². The lowest BCUT2D eigenvalue weighted by Gasteiger charge is -2.51. The van der Waals surface area contributed by atoms with Crippen molar-refractivity contribution in [2.75, 3.05) is 19.8 Å². The molecular formula is C30H25F7O5. The number of alkyl halides is 4. The van der Waals surface area contributed by atoms with Crippen molar-refractivity contribution in [2.24, 2.45) is 5.41 Å². The first-order valence-corrected chi connectivity index (χ1v) is 13.0. The van der Waals surface area contributed by atoms with E-state index in [-0.39, 0.29) is 17.1 Å². The number of ether oxygens (including phenoxy) is 5. The number of fused-ring (bicyclic) bond motifs is 3. The third-order valence-electron chi connectivity index (χ3n) is 6.97. The highest BCUT2D eigenvalue weighted by molar-refractivity contribution is 5.64. The molecule has 2 bridgehead atoms. The number of rotatable bonds is 10. The SMILES string of the molecule is CCCC12COC(c3ccc(-c4ccc(C(F)(F)Oc5cc(F)c(OC=CC(F)F)c(F)c5)c(F)c4)cc3)(OC1)OC2. The molecule has 3 aliphatic heterocycles. The van der Waals surface area contributed by atoms with Gasteiger partial charge < -0.3 is 23.7 Å². The first kappa shape index (κ1) is 29.9. The van der Waals surface area contributed by atoms with E-state index in [1.54, 1.807) is 24.3 Å². The van der Waals surface area contributed by atoms with E-state index in [0.29, 0.717) is 49.3 Å². The Morgan fingerprint density at radius 1 is 0.857 bits per heavy atom. The molecule has 0 spiro atoms. The average Bonchev–Trinajstić information content (AvgIpc) is 2.95. The number of benzene rings is 3. The van der Waals surface area contributed by atoms with E-state index in [4.69, 9.17) is 14.2 Å². The van der Waals surface area contributed by atoms with Crippen LogP contribution in [-0.4, -0.2) is 26.2 Å². The van der Waals surface area contributed by atoms with Gasteiger partial charge in [-0.1, -0.05) is 43.7 Å². The highest BCUT2D eigenvalue weighted by Gasteiger charge is 2.53. The third kappa shape index (κ3) is 5.97. The summed E-state index contributed by atoms with van der Waals surface area (Å²) in [5.74, 6) is -7.76. The molecule has 0 aromatic heterocycles. The van der Waals surface area contributed by atoms with Crippen molar-refractivity contribution in [3.05, 3.63) is 95.5 Å². The van der Waals surface area contributed by atoms with Crippen LogP contribution in [0.5, 0.6) is 11.5 Å². The molecule has 0 amide bonds. The van der Waals surface area contributed by atoms with Crippen LogP contribution < -0.4 is 9.47 Å². The summed E-state index contributed by atoms with van der Waals surface area (Å²) in [4.78, 5) is 0. The molecule has 0 aliphatic carbocycles. The fourth-order valence-corrected chi connectivity index (χ4v) is 4.87. The molecule has 3 saturated heterocycles. The van der Waals surface area contributed by atoms with Crippen LogP contribution >= 0.6 is 0 Å². The zero-order chi connectivity index (χ0) is 30.1. The van der Waals surface area contributed by atoms with Gasteiger partial charge in [-0.15, -0.1) is 0 Å². The molecule has 0 unspecified atom stereocenters. The lowest BCUT2D eigenvalue weighted by Crippen LogP contribution is -2.58. The summed E-state index contributed by atoms with van der Waals surface area (Å²) in [5, 5.41) is 0. The second-order valence-electron chi connectivity index (χ2n) is 10.1. The summed E-state index contributed by atoms with van der Waals surface area (Å²) in [6, 6.07) is 10.2. The van der Waals surface area contributed by atoms with E-state index in [9.17, 15) is 30.7 Å². The Hall–Kier alpha value is -3.61. The highest BCUT2D eigenvalue weighted by Crippen LogP contribution is 2.46. The summed E-state index contributed by atoms with van der Waals surface area (Å²) in [5.41, 5.74) is 0.00491. The van der Waals surface area contributed by atoms with Gasteiger partial charge in [-0.2, -0.15) is 8.78 Å². The molecule has 224 valence electrons. The van der Waals surface area contributed by atoms with Gasteiger partial charge in [0.1, 0.15) is 11.6 Å². The molecule has 5 nitrogen and oxygen atoms in total. The lowest BCUT2D eigenvalue weighted by molar-refractivity contribution is -0.480. The van der Waals surface area contributed by atoms with Crippen LogP contribution in [0.15, 0.2) is 66.9 Å². The van der Waals surface area contributed by atoms with Gasteiger partial charge in [0.25, 0.3) is 6.43 Å². The molecule has 6 rings (SSSR count). The zero-order valence-electron chi connectivity index (χ0n) is 22.2. The molecule has 0 N–H and O–H groups in total. The molecule has 3 aliphatic rings. The molecule has 0 saturated carbocycles. The summed E-state index contributed by atoms with van der Waals surface area (Å²) in [6.07, 6.45) is -4.82. The fraction of sp³-hybridized carbons (Fsp3) is 0.333. The maximum Gasteiger partial charge on any atom is 0.429 e. The van der Waals surface area contributed by atoms with Crippen molar-refractivity contribution in [2.45, 2.75) is 38.3 Å². The van der Waals surface area contributed by atoms with Gasteiger partial charge in [0.2, 0.25) is 0 Å². The fourth-order valence-electron chi connectivity index (χ4n) is 4.87. The third-order valence-corrected chi connectivity index (χ3v) is 6.97. The smallest absolute Gasteiger partial charge is 0.429 e. The molecule has 12 heteroatoms. The van der Waals surface area contributed by atoms with Gasteiger partial charge >= 0.3 is 12.1 Å². The van der Waals surface area contributed by atoms with Gasteiger partial charge in [0.15, 0.2) is 17.4 Å². The van der Waals surface area contributed by atoms with E-state index in [1.807, 2.05) is 0 Å². The Bertz CT molecular complexity index is 1410. The molecule has 0 radical (unpaired) electrons. The molecular weight excluding hydrogens is 573 g/mol. The lowest BCUT2D eigenvalue weighted by atomic mass is 9.83. The second kappa shape index (κ2) is 11.6. The van der Waals surface area contributed by atoms with E-state index >= 15 is 0 Å². The first-order valence-electron chi connectivity index (χ1n) is 13.0. The van der Waals surface area contributed by atoms with Gasteiger partial charge in [-0.05, 0) is 29.7 Å². The molecule has 3 aromatic carbocycles. The van der Waals surface area contributed by atoms with Crippen LogP contribution in [0.2, 0.25) is 0 Å². The van der Waals surface area contributed by atoms with Crippen LogP contribution in [0.25, 0.3) is 11.1 Å². The predicted octanol–water partition coefficient (Wildman–Crippen LogP) is 8.03. The van der Waals surface area contributed by atoms with Crippen LogP contribution in [-0.2, 0) is 26.3 Å². The van der Waals surface area contributed by atoms with E-state index in [2.05, 4.69) is 16.4 Å². The standard InChI is InChI=1S/C30H25F7O5/c1-2-10-28-15-39-30(40-16-28,41-17-28)20-6-3-18(4-7-20)19-5-8-22(23(31)12-19)29(36,37)42-21-13-24(32)27(25(33)14-21)38-11-9-26(34)35/h3-9,11-14,26H,2,10,15-17H2,1H3.